The Morgan fingerprint density at radius 3 is 2.43 bits per heavy atom. The van der Waals surface area contributed by atoms with E-state index in [2.05, 4.69) is 28.6 Å². The molecule has 2 atom stereocenters. The van der Waals surface area contributed by atoms with Gasteiger partial charge in [0, 0.05) is 54.1 Å². The van der Waals surface area contributed by atoms with Crippen molar-refractivity contribution < 1.29 is 22.6 Å². The normalized spacial score (nSPS) is 20.0. The molecule has 7 nitrogen and oxygen atoms in total. The highest BCUT2D eigenvalue weighted by Gasteiger charge is 2.37. The largest absolute Gasteiger partial charge is 0.495 e. The van der Waals surface area contributed by atoms with E-state index in [0.29, 0.717) is 42.9 Å². The minimum absolute atomic E-state index is 0.0904. The average Bonchev–Trinajstić information content (AvgIpc) is 3.34. The van der Waals surface area contributed by atoms with Gasteiger partial charge in [-0.25, -0.2) is 9.98 Å². The van der Waals surface area contributed by atoms with Crippen molar-refractivity contribution in [3.8, 4) is 11.6 Å². The lowest BCUT2D eigenvalue weighted by Crippen LogP contribution is -2.61. The summed E-state index contributed by atoms with van der Waals surface area (Å²) >= 11 is 1.53. The Labute approximate surface area is 217 Å². The zero-order valence-corrected chi connectivity index (χ0v) is 21.8. The SMILES string of the molecule is COc1cc(N2C(C)CN(C3=Nc4cscc4CN3c3cc(C(F)(F)F)ccc3OC)CC2C)ccn1. The molecule has 5 rings (SSSR count). The van der Waals surface area contributed by atoms with Crippen LogP contribution in [-0.4, -0.2) is 55.2 Å². The maximum atomic E-state index is 13.7. The van der Waals surface area contributed by atoms with Gasteiger partial charge >= 0.3 is 6.18 Å². The summed E-state index contributed by atoms with van der Waals surface area (Å²) in [4.78, 5) is 15.5. The van der Waals surface area contributed by atoms with Gasteiger partial charge in [0.15, 0.2) is 0 Å². The number of hydrogen-bond acceptors (Lipinski definition) is 8. The average molecular weight is 532 g/mol. The second-order valence-corrected chi connectivity index (χ2v) is 9.97. The number of halogens is 3. The number of fused-ring (bicyclic) bond motifs is 1. The number of aromatic nitrogens is 1. The number of methoxy groups -OCH3 is 2. The van der Waals surface area contributed by atoms with E-state index in [1.54, 1.807) is 13.3 Å². The second-order valence-electron chi connectivity index (χ2n) is 9.23. The number of nitrogens with zero attached hydrogens (tertiary/aromatic N) is 5. The summed E-state index contributed by atoms with van der Waals surface area (Å²) in [5.41, 5.74) is 2.45. The van der Waals surface area contributed by atoms with Crippen LogP contribution in [0.4, 0.5) is 30.2 Å². The number of hydrogen-bond donors (Lipinski definition) is 0. The number of guanidine groups is 1. The van der Waals surface area contributed by atoms with Gasteiger partial charge in [-0.05, 0) is 43.5 Å². The predicted molar refractivity (Wildman–Crippen MR) is 139 cm³/mol. The number of pyridine rings is 1. The molecule has 0 N–H and O–H groups in total. The van der Waals surface area contributed by atoms with Gasteiger partial charge in [-0.15, -0.1) is 11.3 Å². The Bertz CT molecular complexity index is 1300. The Kier molecular flexibility index (Phi) is 6.65. The zero-order valence-electron chi connectivity index (χ0n) is 21.0. The third kappa shape index (κ3) is 4.79. The molecule has 0 radical (unpaired) electrons. The molecule has 0 spiro atoms. The van der Waals surface area contributed by atoms with Crippen LogP contribution in [0.25, 0.3) is 0 Å². The van der Waals surface area contributed by atoms with Crippen LogP contribution < -0.4 is 19.3 Å². The zero-order chi connectivity index (χ0) is 26.3. The molecule has 3 aromatic rings. The third-order valence-corrected chi connectivity index (χ3v) is 7.51. The van der Waals surface area contributed by atoms with Crippen LogP contribution in [0.1, 0.15) is 25.0 Å². The summed E-state index contributed by atoms with van der Waals surface area (Å²) < 4.78 is 51.8. The molecule has 2 aromatic heterocycles. The summed E-state index contributed by atoms with van der Waals surface area (Å²) in [6.07, 6.45) is -2.74. The van der Waals surface area contributed by atoms with Crippen LogP contribution in [0.2, 0.25) is 0 Å². The van der Waals surface area contributed by atoms with Crippen molar-refractivity contribution in [1.29, 1.82) is 0 Å². The first-order chi connectivity index (χ1) is 17.7. The second kappa shape index (κ2) is 9.77. The number of benzene rings is 1. The maximum absolute atomic E-state index is 13.7. The standard InChI is InChI=1S/C26H28F3N5O2S/c1-16-11-32(12-17(2)34(16)20-7-8-30-24(10-20)36-4)25-31-21-15-37-14-18(21)13-33(25)22-9-19(26(27,28)29)5-6-23(22)35-3/h5-10,14-17H,11-13H2,1-4H3. The van der Waals surface area contributed by atoms with Crippen LogP contribution >= 0.6 is 11.3 Å². The van der Waals surface area contributed by atoms with E-state index in [1.165, 1.54) is 24.5 Å². The molecule has 1 saturated heterocycles. The summed E-state index contributed by atoms with van der Waals surface area (Å²) in [7, 11) is 3.06. The molecule has 0 saturated carbocycles. The van der Waals surface area contributed by atoms with E-state index in [4.69, 9.17) is 14.5 Å². The summed E-state index contributed by atoms with van der Waals surface area (Å²) in [6, 6.07) is 7.63. The minimum atomic E-state index is -4.47. The van der Waals surface area contributed by atoms with Gasteiger partial charge in [-0.2, -0.15) is 13.2 Å². The van der Waals surface area contributed by atoms with Crippen molar-refractivity contribution in [2.75, 3.05) is 37.1 Å². The molecule has 0 aliphatic carbocycles. The molecule has 2 unspecified atom stereocenters. The first kappa shape index (κ1) is 25.2. The molecule has 2 aliphatic rings. The van der Waals surface area contributed by atoms with Gasteiger partial charge in [-0.1, -0.05) is 0 Å². The fourth-order valence-electron chi connectivity index (χ4n) is 5.12. The topological polar surface area (TPSA) is 53.4 Å². The number of anilines is 2. The van der Waals surface area contributed by atoms with Crippen molar-refractivity contribution in [2.24, 2.45) is 4.99 Å². The monoisotopic (exact) mass is 531 g/mol. The van der Waals surface area contributed by atoms with Crippen LogP contribution in [0.3, 0.4) is 0 Å². The van der Waals surface area contributed by atoms with E-state index in [1.807, 2.05) is 27.8 Å². The van der Waals surface area contributed by atoms with Crippen molar-refractivity contribution in [1.82, 2.24) is 9.88 Å². The van der Waals surface area contributed by atoms with Gasteiger partial charge in [0.2, 0.25) is 11.8 Å². The van der Waals surface area contributed by atoms with Gasteiger partial charge in [0.25, 0.3) is 0 Å². The van der Waals surface area contributed by atoms with Crippen molar-refractivity contribution in [3.63, 3.8) is 0 Å². The molecule has 4 heterocycles. The lowest BCUT2D eigenvalue weighted by atomic mass is 10.1. The quantitative estimate of drug-likeness (QED) is 0.425. The molecule has 0 bridgehead atoms. The molecule has 1 fully saturated rings. The minimum Gasteiger partial charge on any atom is -0.495 e. The molecule has 0 amide bonds. The Balaban J connectivity index is 1.52. The summed E-state index contributed by atoms with van der Waals surface area (Å²) in [5.74, 6) is 1.53. The molecular formula is C26H28F3N5O2S. The fraction of sp³-hybridized carbons (Fsp3) is 0.385. The highest BCUT2D eigenvalue weighted by Crippen LogP contribution is 2.41. The van der Waals surface area contributed by atoms with Crippen LogP contribution in [0.5, 0.6) is 11.6 Å². The lowest BCUT2D eigenvalue weighted by molar-refractivity contribution is -0.137. The molecule has 11 heteroatoms. The first-order valence-corrected chi connectivity index (χ1v) is 12.8. The molecule has 196 valence electrons. The van der Waals surface area contributed by atoms with E-state index >= 15 is 0 Å². The Morgan fingerprint density at radius 1 is 1.00 bits per heavy atom. The van der Waals surface area contributed by atoms with Crippen molar-refractivity contribution in [3.05, 3.63) is 58.4 Å². The number of alkyl halides is 3. The van der Waals surface area contributed by atoms with Crippen LogP contribution in [0, 0.1) is 0 Å². The maximum Gasteiger partial charge on any atom is 0.416 e. The van der Waals surface area contributed by atoms with E-state index < -0.39 is 11.7 Å². The third-order valence-electron chi connectivity index (χ3n) is 6.73. The van der Waals surface area contributed by atoms with Crippen LogP contribution in [0.15, 0.2) is 52.3 Å². The first-order valence-electron chi connectivity index (χ1n) is 11.9. The summed E-state index contributed by atoms with van der Waals surface area (Å²) in [6.45, 7) is 5.92. The highest BCUT2D eigenvalue weighted by molar-refractivity contribution is 7.08. The van der Waals surface area contributed by atoms with Gasteiger partial charge in [-0.3, -0.25) is 0 Å². The van der Waals surface area contributed by atoms with E-state index in [-0.39, 0.29) is 12.1 Å². The Morgan fingerprint density at radius 2 is 1.76 bits per heavy atom. The van der Waals surface area contributed by atoms with Gasteiger partial charge in [0.1, 0.15) is 5.75 Å². The number of aliphatic imine (C=N–C) groups is 1. The molecular weight excluding hydrogens is 503 g/mol. The number of ether oxygens (including phenoxy) is 2. The van der Waals surface area contributed by atoms with Crippen molar-refractivity contribution in [2.45, 2.75) is 38.7 Å². The van der Waals surface area contributed by atoms with Gasteiger partial charge in [0.05, 0.1) is 37.7 Å². The smallest absolute Gasteiger partial charge is 0.416 e. The number of piperazine rings is 1. The molecule has 37 heavy (non-hydrogen) atoms. The molecule has 1 aromatic carbocycles. The van der Waals surface area contributed by atoms with Crippen molar-refractivity contribution >= 4 is 34.4 Å². The van der Waals surface area contributed by atoms with E-state index in [9.17, 15) is 13.2 Å². The Hall–Kier alpha value is -3.47. The fourth-order valence-corrected chi connectivity index (χ4v) is 5.88. The number of rotatable bonds is 4. The highest BCUT2D eigenvalue weighted by atomic mass is 32.1. The molecule has 2 aliphatic heterocycles. The summed E-state index contributed by atoms with van der Waals surface area (Å²) in [5, 5.41) is 3.96. The van der Waals surface area contributed by atoms with Gasteiger partial charge < -0.3 is 24.2 Å². The predicted octanol–water partition coefficient (Wildman–Crippen LogP) is 5.79. The number of thiophene rings is 1. The van der Waals surface area contributed by atoms with E-state index in [0.717, 1.165) is 29.1 Å². The lowest BCUT2D eigenvalue weighted by Gasteiger charge is -2.48. The van der Waals surface area contributed by atoms with Crippen LogP contribution in [-0.2, 0) is 12.7 Å².